The normalized spacial score (nSPS) is 12.3. The number of ether oxygens (including phenoxy) is 1. The number of benzene rings is 2. The lowest BCUT2D eigenvalue weighted by molar-refractivity contribution is 0.304. The Morgan fingerprint density at radius 2 is 1.33 bits per heavy atom. The van der Waals surface area contributed by atoms with Crippen LogP contribution in [0.4, 0.5) is 0 Å². The number of aromatic hydroxyl groups is 2. The van der Waals surface area contributed by atoms with E-state index >= 15 is 0 Å². The van der Waals surface area contributed by atoms with E-state index in [1.165, 1.54) is 12.1 Å². The van der Waals surface area contributed by atoms with Crippen LogP contribution in [0.2, 0.25) is 0 Å². The highest BCUT2D eigenvalue weighted by atomic mass is 31.2. The molecule has 0 atom stereocenters. The van der Waals surface area contributed by atoms with Gasteiger partial charge in [-0.3, -0.25) is 13.9 Å². The summed E-state index contributed by atoms with van der Waals surface area (Å²) in [5, 5.41) is 17.7. The highest BCUT2D eigenvalue weighted by Crippen LogP contribution is 2.61. The summed E-state index contributed by atoms with van der Waals surface area (Å²) in [6.07, 6.45) is 6.40. The second-order valence-corrected chi connectivity index (χ2v) is 13.5. The van der Waals surface area contributed by atoms with Crippen LogP contribution in [0.3, 0.4) is 0 Å². The van der Waals surface area contributed by atoms with Gasteiger partial charge in [0.2, 0.25) is 0 Å². The number of phenols is 2. The molecule has 11 nitrogen and oxygen atoms in total. The van der Waals surface area contributed by atoms with E-state index in [0.717, 1.165) is 44.6 Å². The first-order valence-electron chi connectivity index (χ1n) is 12.7. The second-order valence-electron chi connectivity index (χ2n) is 9.46. The molecule has 0 bridgehead atoms. The molecule has 0 saturated heterocycles. The van der Waals surface area contributed by atoms with Gasteiger partial charge in [0.05, 0.1) is 6.61 Å². The van der Waals surface area contributed by atoms with Crippen LogP contribution in [0.25, 0.3) is 22.3 Å². The fourth-order valence-electron chi connectivity index (χ4n) is 4.32. The molecule has 0 amide bonds. The van der Waals surface area contributed by atoms with Crippen LogP contribution in [0.5, 0.6) is 17.2 Å². The monoisotopic (exact) mass is 584 g/mol. The van der Waals surface area contributed by atoms with Gasteiger partial charge in [0, 0.05) is 23.8 Å². The van der Waals surface area contributed by atoms with Crippen LogP contribution < -0.4 is 10.2 Å². The highest BCUT2D eigenvalue weighted by Gasteiger charge is 2.42. The van der Waals surface area contributed by atoms with Crippen molar-refractivity contribution in [3.05, 3.63) is 52.7 Å². The molecule has 0 radical (unpaired) electrons. The van der Waals surface area contributed by atoms with E-state index in [-0.39, 0.29) is 28.9 Å². The van der Waals surface area contributed by atoms with Gasteiger partial charge in [0.25, 0.3) is 0 Å². The molecule has 214 valence electrons. The standard InChI is InChI=1S/C26H34O11P2/c27-19-15-21(28)26-22(29)17-23(37-24(26)16-19)18-10-12-20(13-11-18)36-14-8-6-4-2-1-3-5-7-9-25(38(30,31)32)39(33,34)35/h10-13,15-17,25,27-28H,1-9,14H2,(H2,30,31,32)(H2,33,34,35). The summed E-state index contributed by atoms with van der Waals surface area (Å²) in [6.45, 7) is 0.537. The fourth-order valence-corrected chi connectivity index (χ4v) is 6.93. The molecule has 6 N–H and O–H groups in total. The van der Waals surface area contributed by atoms with Gasteiger partial charge in [-0.05, 0) is 37.1 Å². The van der Waals surface area contributed by atoms with Crippen LogP contribution in [0.1, 0.15) is 57.8 Å². The molecule has 0 unspecified atom stereocenters. The smallest absolute Gasteiger partial charge is 0.340 e. The molecule has 0 fully saturated rings. The molecule has 0 aliphatic rings. The zero-order chi connectivity index (χ0) is 28.6. The predicted molar refractivity (Wildman–Crippen MR) is 146 cm³/mol. The Bertz CT molecular complexity index is 1370. The van der Waals surface area contributed by atoms with E-state index in [1.54, 1.807) is 24.3 Å². The third kappa shape index (κ3) is 9.21. The molecule has 0 aliphatic carbocycles. The summed E-state index contributed by atoms with van der Waals surface area (Å²) in [5.74, 6) is 0.413. The van der Waals surface area contributed by atoms with E-state index in [0.29, 0.717) is 36.5 Å². The summed E-state index contributed by atoms with van der Waals surface area (Å²) < 4.78 is 34.0. The first kappa shape index (κ1) is 30.9. The van der Waals surface area contributed by atoms with Gasteiger partial charge >= 0.3 is 15.2 Å². The Morgan fingerprint density at radius 1 is 0.769 bits per heavy atom. The number of phenolic OH excluding ortho intramolecular Hbond substituents is 2. The fraction of sp³-hybridized carbons (Fsp3) is 0.423. The Labute approximate surface area is 225 Å². The van der Waals surface area contributed by atoms with Crippen molar-refractivity contribution in [1.29, 1.82) is 0 Å². The molecule has 0 saturated carbocycles. The number of hydrogen-bond donors (Lipinski definition) is 6. The van der Waals surface area contributed by atoms with Crippen LogP contribution in [-0.2, 0) is 9.13 Å². The lowest BCUT2D eigenvalue weighted by Crippen LogP contribution is -2.09. The minimum absolute atomic E-state index is 0.00556. The van der Waals surface area contributed by atoms with Gasteiger partial charge in [0.1, 0.15) is 34.0 Å². The molecule has 39 heavy (non-hydrogen) atoms. The minimum atomic E-state index is -4.83. The Kier molecular flexibility index (Phi) is 10.8. The van der Waals surface area contributed by atoms with Gasteiger partial charge in [0.15, 0.2) is 10.8 Å². The zero-order valence-electron chi connectivity index (χ0n) is 21.3. The van der Waals surface area contributed by atoms with E-state index in [4.69, 9.17) is 28.7 Å². The largest absolute Gasteiger partial charge is 0.508 e. The Hall–Kier alpha value is -2.65. The summed E-state index contributed by atoms with van der Waals surface area (Å²) in [4.78, 5) is 48.9. The maximum Gasteiger partial charge on any atom is 0.340 e. The molecule has 1 aromatic heterocycles. The minimum Gasteiger partial charge on any atom is -0.508 e. The Balaban J connectivity index is 1.33. The van der Waals surface area contributed by atoms with Gasteiger partial charge in [-0.15, -0.1) is 0 Å². The van der Waals surface area contributed by atoms with Crippen LogP contribution >= 0.6 is 15.2 Å². The van der Waals surface area contributed by atoms with Crippen molar-refractivity contribution < 1.29 is 48.1 Å². The van der Waals surface area contributed by atoms with Gasteiger partial charge in [-0.1, -0.05) is 44.9 Å². The summed E-state index contributed by atoms with van der Waals surface area (Å²) >= 11 is 0. The van der Waals surface area contributed by atoms with Gasteiger partial charge < -0.3 is 38.9 Å². The third-order valence-corrected chi connectivity index (χ3v) is 10.2. The number of unbranched alkanes of at least 4 members (excludes halogenated alkanes) is 7. The van der Waals surface area contributed by atoms with Gasteiger partial charge in [-0.2, -0.15) is 0 Å². The summed E-state index contributed by atoms with van der Waals surface area (Å²) in [5.41, 5.74) is 0.310. The average molecular weight is 584 g/mol. The van der Waals surface area contributed by atoms with Crippen molar-refractivity contribution in [3.63, 3.8) is 0 Å². The molecule has 0 aliphatic heterocycles. The SMILES string of the molecule is O=c1cc(-c2ccc(OCCCCCCCCCCC(P(=O)(O)O)P(=O)(O)O)cc2)oc2cc(O)cc(O)c12. The molecule has 1 heterocycles. The predicted octanol–water partition coefficient (Wildman–Crippen LogP) is 5.44. The van der Waals surface area contributed by atoms with Crippen LogP contribution in [-0.4, -0.2) is 41.8 Å². The zero-order valence-corrected chi connectivity index (χ0v) is 23.1. The molecule has 3 aromatic rings. The number of fused-ring (bicyclic) bond motifs is 1. The maximum atomic E-state index is 12.4. The third-order valence-electron chi connectivity index (χ3n) is 6.34. The van der Waals surface area contributed by atoms with Crippen molar-refractivity contribution in [3.8, 4) is 28.6 Å². The van der Waals surface area contributed by atoms with Crippen molar-refractivity contribution in [2.24, 2.45) is 0 Å². The molecule has 13 heteroatoms. The number of hydrogen-bond acceptors (Lipinski definition) is 7. The van der Waals surface area contributed by atoms with E-state index in [1.807, 2.05) is 0 Å². The lowest BCUT2D eigenvalue weighted by atomic mass is 10.1. The molecular formula is C26H34O11P2. The van der Waals surface area contributed by atoms with Crippen molar-refractivity contribution in [1.82, 2.24) is 0 Å². The lowest BCUT2D eigenvalue weighted by Gasteiger charge is -2.19. The van der Waals surface area contributed by atoms with Crippen molar-refractivity contribution >= 4 is 26.2 Å². The second kappa shape index (κ2) is 13.6. The number of rotatable bonds is 15. The van der Waals surface area contributed by atoms with Crippen molar-refractivity contribution in [2.45, 2.75) is 63.2 Å². The average Bonchev–Trinajstić information content (AvgIpc) is 2.82. The van der Waals surface area contributed by atoms with Crippen LogP contribution in [0.15, 0.2) is 51.7 Å². The van der Waals surface area contributed by atoms with E-state index in [9.17, 15) is 24.1 Å². The molecule has 0 spiro atoms. The maximum absolute atomic E-state index is 12.4. The van der Waals surface area contributed by atoms with Crippen molar-refractivity contribution in [2.75, 3.05) is 6.61 Å². The first-order valence-corrected chi connectivity index (χ1v) is 16.1. The van der Waals surface area contributed by atoms with E-state index in [2.05, 4.69) is 0 Å². The molecule has 2 aromatic carbocycles. The topological polar surface area (TPSA) is 195 Å². The summed E-state index contributed by atoms with van der Waals surface area (Å²) in [7, 11) is -9.67. The first-order chi connectivity index (χ1) is 18.4. The van der Waals surface area contributed by atoms with Gasteiger partial charge in [-0.25, -0.2) is 0 Å². The van der Waals surface area contributed by atoms with Crippen LogP contribution in [0, 0.1) is 0 Å². The highest BCUT2D eigenvalue weighted by molar-refractivity contribution is 7.70. The summed E-state index contributed by atoms with van der Waals surface area (Å²) in [6, 6.07) is 10.7. The Morgan fingerprint density at radius 3 is 1.92 bits per heavy atom. The van der Waals surface area contributed by atoms with E-state index < -0.39 is 26.0 Å². The molecule has 3 rings (SSSR count). The quantitative estimate of drug-likeness (QED) is 0.0983. The molecular weight excluding hydrogens is 550 g/mol.